The summed E-state index contributed by atoms with van der Waals surface area (Å²) >= 11 is 0. The van der Waals surface area contributed by atoms with E-state index in [9.17, 15) is 0 Å². The van der Waals surface area contributed by atoms with Crippen LogP contribution < -0.4 is 5.32 Å². The SMILES string of the molecule is CNCCCc1nc(C2(C)CCCCO2)no1. The van der Waals surface area contributed by atoms with Gasteiger partial charge in [-0.05, 0) is 46.2 Å². The van der Waals surface area contributed by atoms with Crippen molar-refractivity contribution >= 4 is 0 Å². The Morgan fingerprint density at radius 3 is 3.00 bits per heavy atom. The minimum absolute atomic E-state index is 0.344. The van der Waals surface area contributed by atoms with Crippen LogP contribution in [0.25, 0.3) is 0 Å². The van der Waals surface area contributed by atoms with Crippen LogP contribution in [0.5, 0.6) is 0 Å². The molecule has 2 heterocycles. The van der Waals surface area contributed by atoms with E-state index in [1.807, 2.05) is 14.0 Å². The van der Waals surface area contributed by atoms with E-state index in [2.05, 4.69) is 15.5 Å². The fourth-order valence-corrected chi connectivity index (χ4v) is 2.10. The molecule has 1 aromatic heterocycles. The molecule has 0 amide bonds. The molecule has 2 rings (SSSR count). The zero-order chi connectivity index (χ0) is 12.1. The summed E-state index contributed by atoms with van der Waals surface area (Å²) in [7, 11) is 1.94. The first-order chi connectivity index (χ1) is 8.24. The van der Waals surface area contributed by atoms with Crippen LogP contribution in [0.15, 0.2) is 4.52 Å². The van der Waals surface area contributed by atoms with Gasteiger partial charge < -0.3 is 14.6 Å². The van der Waals surface area contributed by atoms with E-state index in [4.69, 9.17) is 9.26 Å². The Labute approximate surface area is 102 Å². The van der Waals surface area contributed by atoms with Crippen LogP contribution in [0, 0.1) is 0 Å². The minimum atomic E-state index is -0.344. The molecule has 96 valence electrons. The molecule has 17 heavy (non-hydrogen) atoms. The maximum Gasteiger partial charge on any atom is 0.226 e. The van der Waals surface area contributed by atoms with Crippen molar-refractivity contribution in [3.8, 4) is 0 Å². The molecule has 1 fully saturated rings. The normalized spacial score (nSPS) is 25.1. The van der Waals surface area contributed by atoms with Gasteiger partial charge in [0.15, 0.2) is 0 Å². The van der Waals surface area contributed by atoms with Crippen LogP contribution >= 0.6 is 0 Å². The van der Waals surface area contributed by atoms with Gasteiger partial charge in [0.05, 0.1) is 0 Å². The molecule has 1 N–H and O–H groups in total. The molecule has 1 unspecified atom stereocenters. The molecule has 1 aliphatic rings. The number of ether oxygens (including phenoxy) is 1. The van der Waals surface area contributed by atoms with Crippen LogP contribution in [0.1, 0.15) is 44.3 Å². The van der Waals surface area contributed by atoms with E-state index < -0.39 is 0 Å². The molecule has 0 aliphatic carbocycles. The molecule has 0 radical (unpaired) electrons. The highest BCUT2D eigenvalue weighted by Crippen LogP contribution is 2.32. The van der Waals surface area contributed by atoms with Gasteiger partial charge in [0, 0.05) is 13.0 Å². The summed E-state index contributed by atoms with van der Waals surface area (Å²) in [6, 6.07) is 0. The Bertz CT molecular complexity index is 345. The van der Waals surface area contributed by atoms with Gasteiger partial charge in [-0.1, -0.05) is 5.16 Å². The van der Waals surface area contributed by atoms with E-state index in [0.29, 0.717) is 11.7 Å². The van der Waals surface area contributed by atoms with Crippen LogP contribution in [0.4, 0.5) is 0 Å². The number of rotatable bonds is 5. The highest BCUT2D eigenvalue weighted by Gasteiger charge is 2.34. The highest BCUT2D eigenvalue weighted by molar-refractivity contribution is 5.00. The molecule has 1 aliphatic heterocycles. The summed E-state index contributed by atoms with van der Waals surface area (Å²) in [5.74, 6) is 1.42. The Morgan fingerprint density at radius 2 is 2.29 bits per heavy atom. The van der Waals surface area contributed by atoms with Gasteiger partial charge in [0.1, 0.15) is 5.60 Å². The third kappa shape index (κ3) is 3.04. The monoisotopic (exact) mass is 239 g/mol. The first kappa shape index (κ1) is 12.5. The number of aryl methyl sites for hydroxylation is 1. The lowest BCUT2D eigenvalue weighted by molar-refractivity contribution is -0.0770. The summed E-state index contributed by atoms with van der Waals surface area (Å²) < 4.78 is 11.1. The van der Waals surface area contributed by atoms with Crippen LogP contribution in [-0.4, -0.2) is 30.3 Å². The molecule has 0 spiro atoms. The van der Waals surface area contributed by atoms with Crippen molar-refractivity contribution in [3.63, 3.8) is 0 Å². The van der Waals surface area contributed by atoms with E-state index in [-0.39, 0.29) is 5.60 Å². The molecule has 1 aromatic rings. The van der Waals surface area contributed by atoms with E-state index in [1.165, 1.54) is 6.42 Å². The molecular weight excluding hydrogens is 218 g/mol. The van der Waals surface area contributed by atoms with Crippen LogP contribution in [0.2, 0.25) is 0 Å². The summed E-state index contributed by atoms with van der Waals surface area (Å²) in [6.45, 7) is 3.81. The van der Waals surface area contributed by atoms with Crippen molar-refractivity contribution < 1.29 is 9.26 Å². The van der Waals surface area contributed by atoms with Crippen molar-refractivity contribution in [2.45, 2.75) is 44.6 Å². The molecular formula is C12H21N3O2. The maximum absolute atomic E-state index is 5.79. The molecule has 1 atom stereocenters. The second-order valence-electron chi connectivity index (χ2n) is 4.76. The van der Waals surface area contributed by atoms with Crippen molar-refractivity contribution in [1.82, 2.24) is 15.5 Å². The number of hydrogen-bond donors (Lipinski definition) is 1. The molecule has 5 heteroatoms. The van der Waals surface area contributed by atoms with E-state index >= 15 is 0 Å². The average Bonchev–Trinajstić information content (AvgIpc) is 2.80. The number of nitrogens with zero attached hydrogens (tertiary/aromatic N) is 2. The highest BCUT2D eigenvalue weighted by atomic mass is 16.5. The smallest absolute Gasteiger partial charge is 0.226 e. The zero-order valence-corrected chi connectivity index (χ0v) is 10.7. The third-order valence-corrected chi connectivity index (χ3v) is 3.23. The van der Waals surface area contributed by atoms with Crippen molar-refractivity contribution in [2.24, 2.45) is 0 Å². The minimum Gasteiger partial charge on any atom is -0.367 e. The lowest BCUT2D eigenvalue weighted by Crippen LogP contribution is -2.31. The number of hydrogen-bond acceptors (Lipinski definition) is 5. The summed E-state index contributed by atoms with van der Waals surface area (Å²) in [6.07, 6.45) is 5.10. The zero-order valence-electron chi connectivity index (χ0n) is 10.7. The van der Waals surface area contributed by atoms with Crippen LogP contribution in [0.3, 0.4) is 0 Å². The van der Waals surface area contributed by atoms with E-state index in [0.717, 1.165) is 38.8 Å². The lowest BCUT2D eigenvalue weighted by atomic mass is 9.95. The summed E-state index contributed by atoms with van der Waals surface area (Å²) in [4.78, 5) is 4.45. The molecule has 0 saturated carbocycles. The van der Waals surface area contributed by atoms with Gasteiger partial charge in [-0.25, -0.2) is 0 Å². The van der Waals surface area contributed by atoms with Gasteiger partial charge in [-0.15, -0.1) is 0 Å². The van der Waals surface area contributed by atoms with Crippen molar-refractivity contribution in [3.05, 3.63) is 11.7 Å². The summed E-state index contributed by atoms with van der Waals surface area (Å²) in [5, 5.41) is 7.16. The second-order valence-corrected chi connectivity index (χ2v) is 4.76. The molecule has 1 saturated heterocycles. The van der Waals surface area contributed by atoms with Gasteiger partial charge >= 0.3 is 0 Å². The Morgan fingerprint density at radius 1 is 1.41 bits per heavy atom. The third-order valence-electron chi connectivity index (χ3n) is 3.23. The maximum atomic E-state index is 5.79. The Hall–Kier alpha value is -0.940. The second kappa shape index (κ2) is 5.60. The predicted octanol–water partition coefficient (Wildman–Crippen LogP) is 1.64. The van der Waals surface area contributed by atoms with Gasteiger partial charge in [0.25, 0.3) is 0 Å². The van der Waals surface area contributed by atoms with Gasteiger partial charge in [-0.3, -0.25) is 0 Å². The van der Waals surface area contributed by atoms with Crippen molar-refractivity contribution in [2.75, 3.05) is 20.2 Å². The van der Waals surface area contributed by atoms with Crippen molar-refractivity contribution in [1.29, 1.82) is 0 Å². The van der Waals surface area contributed by atoms with Gasteiger partial charge in [-0.2, -0.15) is 4.98 Å². The fourth-order valence-electron chi connectivity index (χ4n) is 2.10. The standard InChI is InChI=1S/C12H21N3O2/c1-12(7-3-4-9-16-12)11-14-10(17-15-11)6-5-8-13-2/h13H,3-9H2,1-2H3. The first-order valence-electron chi connectivity index (χ1n) is 6.36. The predicted molar refractivity (Wildman–Crippen MR) is 63.7 cm³/mol. The average molecular weight is 239 g/mol. The Kier molecular flexibility index (Phi) is 4.12. The topological polar surface area (TPSA) is 60.2 Å². The fraction of sp³-hybridized carbons (Fsp3) is 0.833. The first-order valence-corrected chi connectivity index (χ1v) is 6.36. The largest absolute Gasteiger partial charge is 0.367 e. The van der Waals surface area contributed by atoms with Gasteiger partial charge in [0.2, 0.25) is 11.7 Å². The number of nitrogens with one attached hydrogen (secondary N) is 1. The summed E-state index contributed by atoms with van der Waals surface area (Å²) in [5.41, 5.74) is -0.344. The molecule has 0 bridgehead atoms. The number of aromatic nitrogens is 2. The molecule has 5 nitrogen and oxygen atoms in total. The molecule has 0 aromatic carbocycles. The lowest BCUT2D eigenvalue weighted by Gasteiger charge is -2.30. The Balaban J connectivity index is 1.96. The van der Waals surface area contributed by atoms with E-state index in [1.54, 1.807) is 0 Å². The quantitative estimate of drug-likeness (QED) is 0.791. The van der Waals surface area contributed by atoms with Crippen LogP contribution in [-0.2, 0) is 16.8 Å².